The van der Waals surface area contributed by atoms with Crippen LogP contribution in [-0.2, 0) is 0 Å². The molecule has 152 valence electrons. The van der Waals surface area contributed by atoms with Gasteiger partial charge in [-0.15, -0.1) is 0 Å². The van der Waals surface area contributed by atoms with E-state index >= 15 is 0 Å². The summed E-state index contributed by atoms with van der Waals surface area (Å²) in [5.74, 6) is 1.84. The SMILES string of the molecule is O=C(NC(=S)Nc1cccc(Oc2ccccc2)c1)c1cccnc1N1CCCC1. The van der Waals surface area contributed by atoms with Gasteiger partial charge in [0.05, 0.1) is 5.56 Å². The number of anilines is 2. The van der Waals surface area contributed by atoms with Crippen molar-refractivity contribution in [3.05, 3.63) is 78.5 Å². The first kappa shape index (κ1) is 19.8. The molecule has 0 unspecified atom stereocenters. The highest BCUT2D eigenvalue weighted by Gasteiger charge is 2.21. The monoisotopic (exact) mass is 418 g/mol. The average molecular weight is 419 g/mol. The van der Waals surface area contributed by atoms with Gasteiger partial charge in [-0.3, -0.25) is 10.1 Å². The van der Waals surface area contributed by atoms with Crippen LogP contribution < -0.4 is 20.3 Å². The molecule has 3 aromatic rings. The zero-order valence-electron chi connectivity index (χ0n) is 16.4. The molecule has 0 saturated carbocycles. The highest BCUT2D eigenvalue weighted by molar-refractivity contribution is 7.80. The fourth-order valence-corrected chi connectivity index (χ4v) is 3.56. The second-order valence-corrected chi connectivity index (χ2v) is 7.33. The van der Waals surface area contributed by atoms with Gasteiger partial charge in [-0.1, -0.05) is 24.3 Å². The van der Waals surface area contributed by atoms with Crippen LogP contribution in [0.3, 0.4) is 0 Å². The molecule has 2 N–H and O–H groups in total. The fraction of sp³-hybridized carbons (Fsp3) is 0.174. The quantitative estimate of drug-likeness (QED) is 0.591. The van der Waals surface area contributed by atoms with Crippen molar-refractivity contribution >= 4 is 34.7 Å². The molecule has 2 heterocycles. The second-order valence-electron chi connectivity index (χ2n) is 6.92. The first-order chi connectivity index (χ1) is 14.7. The number of hydrogen-bond donors (Lipinski definition) is 2. The molecular formula is C23H22N4O2S. The van der Waals surface area contributed by atoms with E-state index in [4.69, 9.17) is 17.0 Å². The lowest BCUT2D eigenvalue weighted by atomic mass is 10.2. The van der Waals surface area contributed by atoms with Gasteiger partial charge in [0.2, 0.25) is 0 Å². The first-order valence-corrected chi connectivity index (χ1v) is 10.3. The minimum absolute atomic E-state index is 0.216. The number of para-hydroxylation sites is 1. The number of rotatable bonds is 5. The Bertz CT molecular complexity index is 1040. The number of nitrogens with zero attached hydrogens (tertiary/aromatic N) is 2. The minimum atomic E-state index is -0.279. The number of pyridine rings is 1. The molecule has 7 heteroatoms. The maximum atomic E-state index is 12.8. The Balaban J connectivity index is 1.40. The van der Waals surface area contributed by atoms with Crippen molar-refractivity contribution in [3.8, 4) is 11.5 Å². The summed E-state index contributed by atoms with van der Waals surface area (Å²) in [7, 11) is 0. The van der Waals surface area contributed by atoms with E-state index in [9.17, 15) is 4.79 Å². The Morgan fingerprint density at radius 3 is 2.53 bits per heavy atom. The molecule has 0 radical (unpaired) electrons. The van der Waals surface area contributed by atoms with E-state index in [0.29, 0.717) is 17.1 Å². The van der Waals surface area contributed by atoms with Crippen LogP contribution in [0, 0.1) is 0 Å². The Morgan fingerprint density at radius 2 is 1.73 bits per heavy atom. The molecule has 6 nitrogen and oxygen atoms in total. The van der Waals surface area contributed by atoms with E-state index in [1.165, 1.54) is 0 Å². The molecule has 0 aliphatic carbocycles. The molecule has 30 heavy (non-hydrogen) atoms. The third-order valence-electron chi connectivity index (χ3n) is 4.73. The number of benzene rings is 2. The van der Waals surface area contributed by atoms with Gasteiger partial charge in [0.25, 0.3) is 5.91 Å². The van der Waals surface area contributed by atoms with Gasteiger partial charge >= 0.3 is 0 Å². The Labute approximate surface area is 180 Å². The van der Waals surface area contributed by atoms with Crippen LogP contribution in [0.4, 0.5) is 11.5 Å². The molecule has 1 aromatic heterocycles. The molecule has 0 atom stereocenters. The summed E-state index contributed by atoms with van der Waals surface area (Å²) in [4.78, 5) is 19.3. The van der Waals surface area contributed by atoms with Crippen molar-refractivity contribution in [2.24, 2.45) is 0 Å². The van der Waals surface area contributed by atoms with E-state index in [1.807, 2.05) is 54.6 Å². The Morgan fingerprint density at radius 1 is 0.967 bits per heavy atom. The van der Waals surface area contributed by atoms with Crippen molar-refractivity contribution in [1.82, 2.24) is 10.3 Å². The third kappa shape index (κ3) is 4.93. The zero-order chi connectivity index (χ0) is 20.8. The van der Waals surface area contributed by atoms with Gasteiger partial charge in [0, 0.05) is 31.0 Å². The lowest BCUT2D eigenvalue weighted by molar-refractivity contribution is 0.0978. The van der Waals surface area contributed by atoms with Gasteiger partial charge in [0.15, 0.2) is 5.11 Å². The van der Waals surface area contributed by atoms with Crippen molar-refractivity contribution in [3.63, 3.8) is 0 Å². The molecule has 1 aliphatic heterocycles. The molecular weight excluding hydrogens is 396 g/mol. The summed E-state index contributed by atoms with van der Waals surface area (Å²) in [6, 6.07) is 20.5. The summed E-state index contributed by atoms with van der Waals surface area (Å²) < 4.78 is 5.84. The lowest BCUT2D eigenvalue weighted by Crippen LogP contribution is -2.35. The number of aromatic nitrogens is 1. The summed E-state index contributed by atoms with van der Waals surface area (Å²) >= 11 is 5.35. The zero-order valence-corrected chi connectivity index (χ0v) is 17.2. The van der Waals surface area contributed by atoms with Crippen LogP contribution in [0.2, 0.25) is 0 Å². The number of thiocarbonyl (C=S) groups is 1. The normalized spacial score (nSPS) is 13.0. The van der Waals surface area contributed by atoms with Gasteiger partial charge in [0.1, 0.15) is 17.3 Å². The van der Waals surface area contributed by atoms with Crippen molar-refractivity contribution < 1.29 is 9.53 Å². The van der Waals surface area contributed by atoms with Crippen LogP contribution in [0.15, 0.2) is 72.9 Å². The van der Waals surface area contributed by atoms with Crippen molar-refractivity contribution in [2.75, 3.05) is 23.3 Å². The predicted molar refractivity (Wildman–Crippen MR) is 122 cm³/mol. The summed E-state index contributed by atoms with van der Waals surface area (Å²) in [5.41, 5.74) is 1.24. The number of nitrogens with one attached hydrogen (secondary N) is 2. The molecule has 1 aliphatic rings. The van der Waals surface area contributed by atoms with Gasteiger partial charge in [-0.2, -0.15) is 0 Å². The van der Waals surface area contributed by atoms with Gasteiger partial charge in [-0.05, 0) is 61.5 Å². The first-order valence-electron chi connectivity index (χ1n) is 9.84. The number of hydrogen-bond acceptors (Lipinski definition) is 5. The molecule has 1 saturated heterocycles. The maximum absolute atomic E-state index is 12.8. The fourth-order valence-electron chi connectivity index (χ4n) is 3.35. The van der Waals surface area contributed by atoms with E-state index < -0.39 is 0 Å². The molecule has 0 spiro atoms. The minimum Gasteiger partial charge on any atom is -0.457 e. The summed E-state index contributed by atoms with van der Waals surface area (Å²) in [5, 5.41) is 6.01. The number of carbonyl (C=O) groups excluding carboxylic acids is 1. The van der Waals surface area contributed by atoms with E-state index in [0.717, 1.165) is 37.4 Å². The number of carbonyl (C=O) groups is 1. The second kappa shape index (κ2) is 9.37. The van der Waals surface area contributed by atoms with Crippen LogP contribution in [0.1, 0.15) is 23.2 Å². The maximum Gasteiger partial charge on any atom is 0.261 e. The van der Waals surface area contributed by atoms with Crippen LogP contribution >= 0.6 is 12.2 Å². The Hall–Kier alpha value is -3.45. The summed E-state index contributed by atoms with van der Waals surface area (Å²) in [6.45, 7) is 1.82. The van der Waals surface area contributed by atoms with Crippen molar-refractivity contribution in [1.29, 1.82) is 0 Å². The molecule has 2 aromatic carbocycles. The molecule has 1 amide bonds. The van der Waals surface area contributed by atoms with E-state index in [-0.39, 0.29) is 11.0 Å². The predicted octanol–water partition coefficient (Wildman–Crippen LogP) is 4.60. The van der Waals surface area contributed by atoms with E-state index in [1.54, 1.807) is 18.3 Å². The average Bonchev–Trinajstić information content (AvgIpc) is 3.29. The van der Waals surface area contributed by atoms with Crippen LogP contribution in [0.25, 0.3) is 0 Å². The largest absolute Gasteiger partial charge is 0.457 e. The van der Waals surface area contributed by atoms with Crippen molar-refractivity contribution in [2.45, 2.75) is 12.8 Å². The number of ether oxygens (including phenoxy) is 1. The summed E-state index contributed by atoms with van der Waals surface area (Å²) in [6.07, 6.45) is 3.93. The number of amides is 1. The molecule has 0 bridgehead atoms. The smallest absolute Gasteiger partial charge is 0.261 e. The highest BCUT2D eigenvalue weighted by atomic mass is 32.1. The Kier molecular flexibility index (Phi) is 6.20. The molecule has 4 rings (SSSR count). The highest BCUT2D eigenvalue weighted by Crippen LogP contribution is 2.24. The molecule has 1 fully saturated rings. The lowest BCUT2D eigenvalue weighted by Gasteiger charge is -2.19. The van der Waals surface area contributed by atoms with E-state index in [2.05, 4.69) is 20.5 Å². The standard InChI is InChI=1S/C23H22N4O2S/c28-22(20-12-7-13-24-21(20)27-14-4-5-15-27)26-23(30)25-17-8-6-11-19(16-17)29-18-9-2-1-3-10-18/h1-3,6-13,16H,4-5,14-15H2,(H2,25,26,28,30). The van der Waals surface area contributed by atoms with Crippen LogP contribution in [-0.4, -0.2) is 29.1 Å². The van der Waals surface area contributed by atoms with Gasteiger partial charge in [-0.25, -0.2) is 4.98 Å². The topological polar surface area (TPSA) is 66.5 Å². The van der Waals surface area contributed by atoms with Crippen LogP contribution in [0.5, 0.6) is 11.5 Å². The van der Waals surface area contributed by atoms with Gasteiger partial charge < -0.3 is 15.0 Å². The third-order valence-corrected chi connectivity index (χ3v) is 4.94.